The minimum atomic E-state index is -2.33. The van der Waals surface area contributed by atoms with Crippen molar-refractivity contribution in [2.75, 3.05) is 5.73 Å². The van der Waals surface area contributed by atoms with Gasteiger partial charge in [-0.2, -0.15) is 0 Å². The molecule has 0 aliphatic heterocycles. The summed E-state index contributed by atoms with van der Waals surface area (Å²) in [4.78, 5) is 27.0. The van der Waals surface area contributed by atoms with E-state index in [9.17, 15) is 10.1 Å². The first-order valence-corrected chi connectivity index (χ1v) is 7.42. The third kappa shape index (κ3) is 6.85. The second kappa shape index (κ2) is 11.5. The smallest absolute Gasteiger partial charge is 0.652 e. The fraction of sp³-hybridized carbons (Fsp3) is 0.0625. The number of aromatic nitrogens is 2. The maximum Gasteiger partial charge on any atom is 1.00 e. The molecular weight excluding hydrogens is 410 g/mol. The Bertz CT molecular complexity index is 1020. The number of nitro groups is 1. The first-order chi connectivity index (χ1) is 12.2. The Morgan fingerprint density at radius 2 is 1.79 bits per heavy atom. The standard InChI is InChI=1S/C15H11ClN4O2.CH2O3.2Na/c1-8-12(5-11(20(21)22)6-13(8)16)9-2-3-14-10(4-9)7-18-15(17)19-14;2-1(3)4;;/h2-7H,1H3,(H2,17,18,19);(H2,2,3,4);;/q;;2*+1/p-2. The molecule has 12 heteroatoms. The molecule has 0 unspecified atom stereocenters. The van der Waals surface area contributed by atoms with Gasteiger partial charge in [-0.05, 0) is 41.9 Å². The van der Waals surface area contributed by atoms with Crippen molar-refractivity contribution < 1.29 is 79.0 Å². The van der Waals surface area contributed by atoms with Crippen LogP contribution in [-0.4, -0.2) is 21.0 Å². The molecule has 2 aromatic carbocycles. The Labute approximate surface area is 208 Å². The summed E-state index contributed by atoms with van der Waals surface area (Å²) in [5, 5.41) is 28.8. The molecule has 9 nitrogen and oxygen atoms in total. The van der Waals surface area contributed by atoms with Crippen molar-refractivity contribution in [3.8, 4) is 11.1 Å². The molecule has 134 valence electrons. The van der Waals surface area contributed by atoms with E-state index in [1.54, 1.807) is 12.3 Å². The molecule has 28 heavy (non-hydrogen) atoms. The molecule has 0 aliphatic rings. The number of nitrogen functional groups attached to an aromatic ring is 1. The number of fused-ring (bicyclic) bond motifs is 1. The third-order valence-electron chi connectivity index (χ3n) is 3.45. The van der Waals surface area contributed by atoms with Crippen molar-refractivity contribution in [2.24, 2.45) is 0 Å². The number of carboxylic acid groups (broad SMARTS) is 2. The Kier molecular flexibility index (Phi) is 10.9. The maximum absolute atomic E-state index is 11.0. The number of carbonyl (C=O) groups is 1. The van der Waals surface area contributed by atoms with E-state index in [0.29, 0.717) is 16.1 Å². The van der Waals surface area contributed by atoms with Gasteiger partial charge in [0.05, 0.1) is 15.5 Å². The topological polar surface area (TPSA) is 158 Å². The van der Waals surface area contributed by atoms with Gasteiger partial charge >= 0.3 is 59.1 Å². The van der Waals surface area contributed by atoms with Gasteiger partial charge in [0.25, 0.3) is 5.69 Å². The Balaban J connectivity index is 0.00000111. The van der Waals surface area contributed by atoms with Crippen molar-refractivity contribution in [1.82, 2.24) is 9.97 Å². The van der Waals surface area contributed by atoms with E-state index in [1.807, 2.05) is 19.1 Å². The molecule has 0 aliphatic carbocycles. The van der Waals surface area contributed by atoms with Crippen LogP contribution in [0.5, 0.6) is 0 Å². The number of halogens is 1. The second-order valence-electron chi connectivity index (χ2n) is 5.11. The van der Waals surface area contributed by atoms with Crippen LogP contribution in [0.1, 0.15) is 5.56 Å². The van der Waals surface area contributed by atoms with Crippen LogP contribution in [0, 0.1) is 17.0 Å². The average Bonchev–Trinajstić information content (AvgIpc) is 2.56. The summed E-state index contributed by atoms with van der Waals surface area (Å²) in [5.74, 6) is 0.204. The first-order valence-electron chi connectivity index (χ1n) is 7.04. The monoisotopic (exact) mass is 420 g/mol. The predicted molar refractivity (Wildman–Crippen MR) is 91.2 cm³/mol. The van der Waals surface area contributed by atoms with Crippen LogP contribution in [-0.2, 0) is 0 Å². The van der Waals surface area contributed by atoms with Gasteiger partial charge in [-0.15, -0.1) is 0 Å². The van der Waals surface area contributed by atoms with Crippen LogP contribution >= 0.6 is 11.6 Å². The largest absolute Gasteiger partial charge is 1.00 e. The molecule has 1 aromatic heterocycles. The van der Waals surface area contributed by atoms with Crippen molar-refractivity contribution >= 4 is 40.3 Å². The van der Waals surface area contributed by atoms with Crippen LogP contribution in [0.25, 0.3) is 22.0 Å². The average molecular weight is 421 g/mol. The Morgan fingerprint density at radius 3 is 2.36 bits per heavy atom. The molecular formula is C16H11ClN4Na2O5. The summed E-state index contributed by atoms with van der Waals surface area (Å²) < 4.78 is 0. The fourth-order valence-corrected chi connectivity index (χ4v) is 2.50. The number of hydrogen-bond acceptors (Lipinski definition) is 8. The van der Waals surface area contributed by atoms with Gasteiger partial charge in [0.15, 0.2) is 0 Å². The van der Waals surface area contributed by atoms with E-state index < -0.39 is 11.1 Å². The van der Waals surface area contributed by atoms with Gasteiger partial charge in [-0.1, -0.05) is 17.7 Å². The van der Waals surface area contributed by atoms with Gasteiger partial charge in [0.2, 0.25) is 5.95 Å². The predicted octanol–water partition coefficient (Wildman–Crippen LogP) is -4.69. The van der Waals surface area contributed by atoms with Crippen molar-refractivity contribution in [3.63, 3.8) is 0 Å². The molecule has 0 amide bonds. The summed E-state index contributed by atoms with van der Waals surface area (Å²) in [6, 6.07) is 8.36. The van der Waals surface area contributed by atoms with Gasteiger partial charge < -0.3 is 20.7 Å². The molecule has 1 heterocycles. The van der Waals surface area contributed by atoms with Crippen LogP contribution in [0.3, 0.4) is 0 Å². The van der Waals surface area contributed by atoms with Gasteiger partial charge in [-0.25, -0.2) is 9.97 Å². The quantitative estimate of drug-likeness (QED) is 0.246. The molecule has 0 saturated carbocycles. The van der Waals surface area contributed by atoms with E-state index in [1.165, 1.54) is 12.1 Å². The normalized spacial score (nSPS) is 9.36. The second-order valence-corrected chi connectivity index (χ2v) is 5.52. The number of hydrogen-bond donors (Lipinski definition) is 1. The van der Waals surface area contributed by atoms with E-state index in [-0.39, 0.29) is 70.8 Å². The molecule has 0 bridgehead atoms. The van der Waals surface area contributed by atoms with Crippen molar-refractivity contribution in [2.45, 2.75) is 6.92 Å². The fourth-order valence-electron chi connectivity index (χ4n) is 2.29. The van der Waals surface area contributed by atoms with E-state index >= 15 is 0 Å². The molecule has 0 spiro atoms. The van der Waals surface area contributed by atoms with Crippen LogP contribution < -0.4 is 75.1 Å². The number of nitro benzene ring substituents is 1. The molecule has 0 atom stereocenters. The molecule has 3 rings (SSSR count). The summed E-state index contributed by atoms with van der Waals surface area (Å²) >= 11 is 6.11. The SMILES string of the molecule is Cc1c(Cl)cc([N+](=O)[O-])cc1-c1ccc2nc(N)ncc2c1.O=C([O-])[O-].[Na+].[Na+]. The summed E-state index contributed by atoms with van der Waals surface area (Å²) in [7, 11) is 0. The summed E-state index contributed by atoms with van der Waals surface area (Å²) in [6.07, 6.45) is -0.713. The number of non-ortho nitro benzene ring substituents is 1. The van der Waals surface area contributed by atoms with E-state index in [0.717, 1.165) is 16.5 Å². The molecule has 0 saturated heterocycles. The number of nitrogens with zero attached hydrogens (tertiary/aromatic N) is 3. The molecule has 2 N–H and O–H groups in total. The zero-order valence-corrected chi connectivity index (χ0v) is 20.1. The van der Waals surface area contributed by atoms with Gasteiger partial charge in [0, 0.05) is 23.7 Å². The van der Waals surface area contributed by atoms with E-state index in [4.69, 9.17) is 32.3 Å². The number of benzene rings is 2. The van der Waals surface area contributed by atoms with Gasteiger partial charge in [0.1, 0.15) is 0 Å². The van der Waals surface area contributed by atoms with Crippen molar-refractivity contribution in [1.29, 1.82) is 0 Å². The van der Waals surface area contributed by atoms with Crippen LogP contribution in [0.2, 0.25) is 5.02 Å². The first kappa shape index (κ1) is 26.5. The number of nitrogens with two attached hydrogens (primary N) is 1. The third-order valence-corrected chi connectivity index (χ3v) is 3.84. The summed E-state index contributed by atoms with van der Waals surface area (Å²) in [5.41, 5.74) is 8.52. The number of rotatable bonds is 2. The zero-order valence-electron chi connectivity index (χ0n) is 15.3. The zero-order chi connectivity index (χ0) is 19.4. The Hall–Kier alpha value is -1.46. The van der Waals surface area contributed by atoms with Crippen LogP contribution in [0.15, 0.2) is 36.5 Å². The van der Waals surface area contributed by atoms with Crippen LogP contribution in [0.4, 0.5) is 16.4 Å². The minimum Gasteiger partial charge on any atom is -0.652 e. The molecule has 3 aromatic rings. The number of anilines is 1. The molecule has 0 fully saturated rings. The van der Waals surface area contributed by atoms with Crippen molar-refractivity contribution in [3.05, 3.63) is 57.2 Å². The Morgan fingerprint density at radius 1 is 1.18 bits per heavy atom. The minimum absolute atomic E-state index is 0. The van der Waals surface area contributed by atoms with E-state index in [2.05, 4.69) is 9.97 Å². The number of carbonyl (C=O) groups excluding carboxylic acids is 1. The van der Waals surface area contributed by atoms with Gasteiger partial charge in [-0.3, -0.25) is 10.1 Å². The summed E-state index contributed by atoms with van der Waals surface area (Å²) in [6.45, 7) is 1.82. The molecule has 0 radical (unpaired) electrons. The maximum atomic E-state index is 11.0.